The third kappa shape index (κ3) is 44.2. The normalized spacial score (nSPS) is 12.3. The van der Waals surface area contributed by atoms with Crippen molar-refractivity contribution in [1.29, 1.82) is 0 Å². The van der Waals surface area contributed by atoms with E-state index in [0.717, 1.165) is 5.92 Å². The molecule has 301 valence electrons. The van der Waals surface area contributed by atoms with E-state index in [2.05, 4.69) is 20.8 Å². The lowest BCUT2D eigenvalue weighted by Crippen LogP contribution is -1.99. The smallest absolute Gasteiger partial charge is 0.0414 e. The molecule has 0 N–H and O–H groups in total. The first-order valence-electron chi connectivity index (χ1n) is 24.6. The molecule has 0 aromatic heterocycles. The molecule has 0 aromatic rings. The van der Waals surface area contributed by atoms with Crippen LogP contribution in [0.3, 0.4) is 0 Å². The van der Waals surface area contributed by atoms with Gasteiger partial charge < -0.3 is 0 Å². The summed E-state index contributed by atoms with van der Waals surface area (Å²) in [6.45, 7) is 8.92. The first kappa shape index (κ1) is 50.0. The van der Waals surface area contributed by atoms with Gasteiger partial charge in [0.25, 0.3) is 0 Å². The number of hydrogen-bond donors (Lipinski definition) is 0. The van der Waals surface area contributed by atoms with Gasteiger partial charge in [0, 0.05) is 0 Å². The van der Waals surface area contributed by atoms with Crippen LogP contribution in [0.15, 0.2) is 0 Å². The summed E-state index contributed by atoms with van der Waals surface area (Å²) in [6, 6.07) is 0. The molecule has 0 spiro atoms. The van der Waals surface area contributed by atoms with Crippen LogP contribution in [0.2, 0.25) is 0 Å². The molecule has 0 amide bonds. The molecule has 0 saturated heterocycles. The van der Waals surface area contributed by atoms with Gasteiger partial charge >= 0.3 is 0 Å². The maximum Gasteiger partial charge on any atom is -0.0414 e. The second-order valence-corrected chi connectivity index (χ2v) is 17.2. The molecule has 0 saturated carbocycles. The highest BCUT2D eigenvalue weighted by molar-refractivity contribution is 4.62. The second kappa shape index (κ2) is 47.0. The summed E-state index contributed by atoms with van der Waals surface area (Å²) in [7, 11) is 0. The lowest BCUT2D eigenvalue weighted by Gasteiger charge is -2.14. The largest absolute Gasteiger partial charge is 0.0654 e. The van der Waals surface area contributed by atoms with Crippen molar-refractivity contribution in [2.24, 2.45) is 5.92 Å². The highest BCUT2D eigenvalue weighted by Crippen LogP contribution is 2.22. The topological polar surface area (TPSA) is 0 Å². The van der Waals surface area contributed by atoms with Gasteiger partial charge in [-0.15, -0.1) is 0 Å². The molecule has 0 aliphatic rings. The first-order valence-corrected chi connectivity index (χ1v) is 24.6. The summed E-state index contributed by atoms with van der Waals surface area (Å²) >= 11 is 0. The molecule has 1 atom stereocenters. The van der Waals surface area contributed by atoms with Gasteiger partial charge in [0.05, 0.1) is 0 Å². The molecule has 1 radical (unpaired) electrons. The minimum Gasteiger partial charge on any atom is -0.0654 e. The van der Waals surface area contributed by atoms with Crippen molar-refractivity contribution in [2.75, 3.05) is 0 Å². The maximum absolute atomic E-state index is 4.30. The SMILES string of the molecule is [CH2]CC(CCCCCCCCCCCCCCCCCCCCCC)CCCCCCCCCCCCCCCCCCCCCCCCC. The summed E-state index contributed by atoms with van der Waals surface area (Å²) in [5.74, 6) is 0.903. The van der Waals surface area contributed by atoms with Gasteiger partial charge in [-0.05, 0) is 5.92 Å². The van der Waals surface area contributed by atoms with Crippen molar-refractivity contribution >= 4 is 0 Å². The van der Waals surface area contributed by atoms with Gasteiger partial charge in [0.2, 0.25) is 0 Å². The zero-order chi connectivity index (χ0) is 36.1. The summed E-state index contributed by atoms with van der Waals surface area (Å²) in [5.41, 5.74) is 0. The molecule has 50 heavy (non-hydrogen) atoms. The molecule has 0 bridgehead atoms. The zero-order valence-corrected chi connectivity index (χ0v) is 35.8. The average molecular weight is 702 g/mol. The van der Waals surface area contributed by atoms with Gasteiger partial charge in [-0.2, -0.15) is 0 Å². The van der Waals surface area contributed by atoms with Crippen LogP contribution in [0, 0.1) is 12.8 Å². The van der Waals surface area contributed by atoms with Crippen LogP contribution >= 0.6 is 0 Å². The molecule has 0 heteroatoms. The Labute approximate surface area is 321 Å². The van der Waals surface area contributed by atoms with Gasteiger partial charge in [0.1, 0.15) is 0 Å². The van der Waals surface area contributed by atoms with Crippen LogP contribution in [0.5, 0.6) is 0 Å². The Hall–Kier alpha value is 0. The van der Waals surface area contributed by atoms with Crippen molar-refractivity contribution < 1.29 is 0 Å². The van der Waals surface area contributed by atoms with Crippen LogP contribution in [-0.4, -0.2) is 0 Å². The predicted octanol–water partition coefficient (Wildman–Crippen LogP) is 19.4. The fraction of sp³-hybridized carbons (Fsp3) is 0.980. The van der Waals surface area contributed by atoms with Crippen LogP contribution in [0.25, 0.3) is 0 Å². The number of rotatable bonds is 46. The molecule has 0 nitrogen and oxygen atoms in total. The lowest BCUT2D eigenvalue weighted by molar-refractivity contribution is 0.404. The van der Waals surface area contributed by atoms with E-state index in [4.69, 9.17) is 0 Å². The predicted molar refractivity (Wildman–Crippen MR) is 233 cm³/mol. The summed E-state index contributed by atoms with van der Waals surface area (Å²) < 4.78 is 0. The maximum atomic E-state index is 4.30. The Morgan fingerprint density at radius 1 is 0.220 bits per heavy atom. The molecule has 1 unspecified atom stereocenters. The van der Waals surface area contributed by atoms with E-state index in [9.17, 15) is 0 Å². The first-order chi connectivity index (χ1) is 24.8. The third-order valence-corrected chi connectivity index (χ3v) is 12.1. The molecular weight excluding hydrogens is 601 g/mol. The Morgan fingerprint density at radius 3 is 0.500 bits per heavy atom. The van der Waals surface area contributed by atoms with Gasteiger partial charge in [-0.25, -0.2) is 0 Å². The van der Waals surface area contributed by atoms with E-state index in [1.165, 1.54) is 295 Å². The average Bonchev–Trinajstić information content (AvgIpc) is 3.13. The van der Waals surface area contributed by atoms with E-state index in [1.54, 1.807) is 0 Å². The lowest BCUT2D eigenvalue weighted by atomic mass is 9.92. The highest BCUT2D eigenvalue weighted by Gasteiger charge is 2.06. The van der Waals surface area contributed by atoms with Crippen molar-refractivity contribution in [1.82, 2.24) is 0 Å². The summed E-state index contributed by atoms with van der Waals surface area (Å²) in [6.07, 6.45) is 67.5. The number of hydrogen-bond acceptors (Lipinski definition) is 0. The fourth-order valence-electron chi connectivity index (χ4n) is 8.34. The van der Waals surface area contributed by atoms with Gasteiger partial charge in [-0.3, -0.25) is 0 Å². The van der Waals surface area contributed by atoms with E-state index < -0.39 is 0 Å². The van der Waals surface area contributed by atoms with Crippen molar-refractivity contribution in [3.8, 4) is 0 Å². The molecule has 0 fully saturated rings. The van der Waals surface area contributed by atoms with Gasteiger partial charge in [-0.1, -0.05) is 316 Å². The second-order valence-electron chi connectivity index (χ2n) is 17.2. The molecule has 0 rings (SSSR count). The highest BCUT2D eigenvalue weighted by atomic mass is 14.1. The molecule has 0 aliphatic heterocycles. The molecule has 0 heterocycles. The summed E-state index contributed by atoms with van der Waals surface area (Å²) in [5, 5.41) is 0. The molecule has 0 aromatic carbocycles. The third-order valence-electron chi connectivity index (χ3n) is 12.1. The Bertz CT molecular complexity index is 550. The van der Waals surface area contributed by atoms with Crippen molar-refractivity contribution in [2.45, 2.75) is 309 Å². The Morgan fingerprint density at radius 2 is 0.360 bits per heavy atom. The van der Waals surface area contributed by atoms with E-state index in [1.807, 2.05) is 0 Å². The minimum atomic E-state index is 0.903. The molecule has 0 aliphatic carbocycles. The van der Waals surface area contributed by atoms with Crippen LogP contribution in [0.1, 0.15) is 309 Å². The van der Waals surface area contributed by atoms with E-state index in [0.29, 0.717) is 0 Å². The zero-order valence-electron chi connectivity index (χ0n) is 35.8. The Balaban J connectivity index is 3.23. The quantitative estimate of drug-likeness (QED) is 0.0554. The van der Waals surface area contributed by atoms with Crippen molar-refractivity contribution in [3.63, 3.8) is 0 Å². The van der Waals surface area contributed by atoms with Crippen LogP contribution < -0.4 is 0 Å². The van der Waals surface area contributed by atoms with Crippen molar-refractivity contribution in [3.05, 3.63) is 6.92 Å². The standard InChI is InChI=1S/C50H101/c1-4-7-9-11-13-15-17-19-21-23-25-27-28-29-31-33-35-37-39-41-43-45-47-49-50(6-3)48-46-44-42-40-38-36-34-32-30-26-24-22-20-18-16-14-12-10-8-5-2/h50H,3-49H2,1-2H3. The van der Waals surface area contributed by atoms with E-state index >= 15 is 0 Å². The minimum absolute atomic E-state index is 0.903. The molecular formula is C50H101. The van der Waals surface area contributed by atoms with Gasteiger partial charge in [0.15, 0.2) is 0 Å². The van der Waals surface area contributed by atoms with Crippen LogP contribution in [0.4, 0.5) is 0 Å². The fourth-order valence-corrected chi connectivity index (χ4v) is 8.34. The monoisotopic (exact) mass is 702 g/mol. The van der Waals surface area contributed by atoms with Crippen LogP contribution in [-0.2, 0) is 0 Å². The number of unbranched alkanes of at least 4 members (excludes halogenated alkanes) is 41. The van der Waals surface area contributed by atoms with E-state index in [-0.39, 0.29) is 0 Å². The summed E-state index contributed by atoms with van der Waals surface area (Å²) in [4.78, 5) is 0. The Kier molecular flexibility index (Phi) is 47.0.